The minimum atomic E-state index is -4.18. The van der Waals surface area contributed by atoms with Crippen molar-refractivity contribution >= 4 is 33.3 Å². The topological polar surface area (TPSA) is 122 Å². The van der Waals surface area contributed by atoms with Crippen LogP contribution in [0.15, 0.2) is 63.3 Å². The van der Waals surface area contributed by atoms with Gasteiger partial charge in [0, 0.05) is 19.3 Å². The van der Waals surface area contributed by atoms with E-state index in [-0.39, 0.29) is 35.4 Å². The van der Waals surface area contributed by atoms with Gasteiger partial charge in [0.25, 0.3) is 5.56 Å². The summed E-state index contributed by atoms with van der Waals surface area (Å²) in [7, 11) is -4.18. The van der Waals surface area contributed by atoms with Gasteiger partial charge in [-0.05, 0) is 56.5 Å². The molecule has 36 heavy (non-hydrogen) atoms. The van der Waals surface area contributed by atoms with E-state index in [1.54, 1.807) is 48.4 Å². The van der Waals surface area contributed by atoms with Gasteiger partial charge in [-0.3, -0.25) is 14.0 Å². The zero-order valence-corrected chi connectivity index (χ0v) is 20.9. The van der Waals surface area contributed by atoms with Gasteiger partial charge in [0.1, 0.15) is 22.4 Å². The van der Waals surface area contributed by atoms with Crippen LogP contribution < -0.4 is 10.5 Å². The van der Waals surface area contributed by atoms with Crippen LogP contribution in [-0.2, 0) is 19.4 Å². The van der Waals surface area contributed by atoms with Crippen molar-refractivity contribution < 1.29 is 17.9 Å². The van der Waals surface area contributed by atoms with Crippen molar-refractivity contribution in [1.82, 2.24) is 9.38 Å². The first-order chi connectivity index (χ1) is 17.3. The number of carbonyl (C=O) groups excluding carboxylic acids is 1. The van der Waals surface area contributed by atoms with Crippen LogP contribution in [0.4, 0.5) is 5.82 Å². The number of rotatable bonds is 6. The number of benzene rings is 1. The molecule has 0 bridgehead atoms. The Balaban J connectivity index is 1.92. The van der Waals surface area contributed by atoms with Crippen molar-refractivity contribution in [2.75, 3.05) is 24.6 Å². The average Bonchev–Trinajstić information content (AvgIpc) is 2.89. The fraction of sp³-hybridized carbons (Fsp3) is 0.308. The molecule has 1 atom stereocenters. The summed E-state index contributed by atoms with van der Waals surface area (Å²) in [6.45, 7) is 4.60. The molecular weight excluding hydrogens is 480 g/mol. The Morgan fingerprint density at radius 3 is 2.69 bits per heavy atom. The lowest BCUT2D eigenvalue weighted by molar-refractivity contribution is -0.148. The Morgan fingerprint density at radius 2 is 2.00 bits per heavy atom. The lowest BCUT2D eigenvalue weighted by Gasteiger charge is -2.33. The van der Waals surface area contributed by atoms with Crippen molar-refractivity contribution in [1.29, 1.82) is 5.26 Å². The highest BCUT2D eigenvalue weighted by molar-refractivity contribution is 7.95. The van der Waals surface area contributed by atoms with Gasteiger partial charge in [0.15, 0.2) is 0 Å². The normalized spacial score (nSPS) is 16.5. The second-order valence-corrected chi connectivity index (χ2v) is 10.4. The molecule has 0 aliphatic carbocycles. The lowest BCUT2D eigenvalue weighted by atomic mass is 9.98. The molecule has 0 N–H and O–H groups in total. The molecule has 0 amide bonds. The van der Waals surface area contributed by atoms with Crippen LogP contribution in [0.25, 0.3) is 11.7 Å². The maximum atomic E-state index is 13.6. The summed E-state index contributed by atoms with van der Waals surface area (Å²) >= 11 is 0. The molecule has 0 radical (unpaired) electrons. The van der Waals surface area contributed by atoms with Crippen LogP contribution in [0, 0.1) is 24.2 Å². The van der Waals surface area contributed by atoms with Gasteiger partial charge in [-0.15, -0.1) is 0 Å². The zero-order valence-electron chi connectivity index (χ0n) is 20.0. The number of piperidine rings is 1. The van der Waals surface area contributed by atoms with E-state index in [4.69, 9.17) is 9.72 Å². The smallest absolute Gasteiger partial charge is 0.310 e. The van der Waals surface area contributed by atoms with Crippen molar-refractivity contribution in [3.05, 3.63) is 75.0 Å². The van der Waals surface area contributed by atoms with Gasteiger partial charge >= 0.3 is 5.97 Å². The summed E-state index contributed by atoms with van der Waals surface area (Å²) in [6, 6.07) is 12.9. The summed E-state index contributed by atoms with van der Waals surface area (Å²) in [6.07, 6.45) is 3.94. The molecule has 1 fully saturated rings. The molecule has 3 aromatic rings. The Labute approximate surface area is 209 Å². The molecule has 2 aromatic heterocycles. The number of nitriles is 1. The SMILES string of the molecule is CCOC(=O)[C@H]1CCCN(c2nc3c(C)cccn3c(=O)c2/C=C(\C#N)S(=O)(=O)c2ccccc2)C1. The summed E-state index contributed by atoms with van der Waals surface area (Å²) in [4.78, 5) is 32.0. The Morgan fingerprint density at radius 1 is 1.25 bits per heavy atom. The van der Waals surface area contributed by atoms with Gasteiger partial charge in [-0.1, -0.05) is 24.3 Å². The maximum absolute atomic E-state index is 13.6. The van der Waals surface area contributed by atoms with Gasteiger partial charge < -0.3 is 9.64 Å². The van der Waals surface area contributed by atoms with Crippen LogP contribution in [-0.4, -0.2) is 43.5 Å². The minimum Gasteiger partial charge on any atom is -0.466 e. The number of esters is 1. The molecule has 0 saturated carbocycles. The number of aromatic nitrogens is 2. The third-order valence-corrected chi connectivity index (χ3v) is 7.81. The van der Waals surface area contributed by atoms with Crippen LogP contribution >= 0.6 is 0 Å². The highest BCUT2D eigenvalue weighted by Gasteiger charge is 2.30. The van der Waals surface area contributed by atoms with Crippen molar-refractivity contribution in [2.45, 2.75) is 31.6 Å². The Bertz CT molecular complexity index is 1540. The van der Waals surface area contributed by atoms with Crippen LogP contribution in [0.2, 0.25) is 0 Å². The number of allylic oxidation sites excluding steroid dienone is 1. The van der Waals surface area contributed by atoms with Gasteiger partial charge in [0.05, 0.1) is 23.0 Å². The first-order valence-electron chi connectivity index (χ1n) is 11.6. The fourth-order valence-corrected chi connectivity index (χ4v) is 5.48. The van der Waals surface area contributed by atoms with E-state index in [0.29, 0.717) is 25.0 Å². The fourth-order valence-electron chi connectivity index (χ4n) is 4.32. The number of fused-ring (bicyclic) bond motifs is 1. The summed E-state index contributed by atoms with van der Waals surface area (Å²) in [5.41, 5.74) is 0.631. The molecule has 186 valence electrons. The predicted molar refractivity (Wildman–Crippen MR) is 135 cm³/mol. The number of carbonyl (C=O) groups is 1. The summed E-state index contributed by atoms with van der Waals surface area (Å²) < 4.78 is 32.9. The standard InChI is InChI=1S/C26H26N4O5S/c1-3-35-26(32)19-10-8-13-29(17-19)24-22(25(31)30-14-7-9-18(2)23(30)28-24)15-21(16-27)36(33,34)20-11-5-4-6-12-20/h4-7,9,11-12,14-15,19H,3,8,10,13,17H2,1-2H3/b21-15+/t19-/m0/s1. The maximum Gasteiger partial charge on any atom is 0.310 e. The number of nitrogens with zero attached hydrogens (tertiary/aromatic N) is 4. The lowest BCUT2D eigenvalue weighted by Crippen LogP contribution is -2.41. The van der Waals surface area contributed by atoms with Crippen molar-refractivity contribution in [3.63, 3.8) is 0 Å². The molecule has 1 aliphatic rings. The number of hydrogen-bond acceptors (Lipinski definition) is 8. The van der Waals surface area contributed by atoms with E-state index >= 15 is 0 Å². The third-order valence-electron chi connectivity index (χ3n) is 6.13. The molecule has 3 heterocycles. The molecule has 0 spiro atoms. The quantitative estimate of drug-likeness (QED) is 0.369. The van der Waals surface area contributed by atoms with Crippen LogP contribution in [0.1, 0.15) is 30.9 Å². The minimum absolute atomic E-state index is 0.0290. The second kappa shape index (κ2) is 10.3. The molecule has 10 heteroatoms. The molecular formula is C26H26N4O5S. The number of pyridine rings is 1. The second-order valence-electron chi connectivity index (χ2n) is 8.51. The third kappa shape index (κ3) is 4.75. The first kappa shape index (κ1) is 25.1. The van der Waals surface area contributed by atoms with E-state index in [2.05, 4.69) is 0 Å². The van der Waals surface area contributed by atoms with Gasteiger partial charge in [-0.2, -0.15) is 5.26 Å². The summed E-state index contributed by atoms with van der Waals surface area (Å²) in [5, 5.41) is 9.81. The molecule has 0 unspecified atom stereocenters. The largest absolute Gasteiger partial charge is 0.466 e. The highest BCUT2D eigenvalue weighted by atomic mass is 32.2. The number of hydrogen-bond donors (Lipinski definition) is 0. The first-order valence-corrected chi connectivity index (χ1v) is 13.1. The van der Waals surface area contributed by atoms with Crippen molar-refractivity contribution in [2.24, 2.45) is 5.92 Å². The highest BCUT2D eigenvalue weighted by Crippen LogP contribution is 2.28. The van der Waals surface area contributed by atoms with Crippen LogP contribution in [0.3, 0.4) is 0 Å². The molecule has 4 rings (SSSR count). The van der Waals surface area contributed by atoms with Gasteiger partial charge in [-0.25, -0.2) is 13.4 Å². The monoisotopic (exact) mass is 506 g/mol. The molecule has 1 aliphatic heterocycles. The Kier molecular flexibility index (Phi) is 7.22. The average molecular weight is 507 g/mol. The van der Waals surface area contributed by atoms with Gasteiger partial charge in [0.2, 0.25) is 9.84 Å². The van der Waals surface area contributed by atoms with Crippen molar-refractivity contribution in [3.8, 4) is 6.07 Å². The van der Waals surface area contributed by atoms with E-state index in [0.717, 1.165) is 11.6 Å². The number of ether oxygens (including phenoxy) is 1. The van der Waals surface area contributed by atoms with E-state index in [1.807, 2.05) is 13.0 Å². The van der Waals surface area contributed by atoms with Crippen LogP contribution in [0.5, 0.6) is 0 Å². The Hall–Kier alpha value is -3.97. The van der Waals surface area contributed by atoms with E-state index in [1.165, 1.54) is 16.5 Å². The molecule has 9 nitrogen and oxygen atoms in total. The number of aryl methyl sites for hydroxylation is 1. The number of anilines is 1. The zero-order chi connectivity index (χ0) is 25.9. The van der Waals surface area contributed by atoms with E-state index < -0.39 is 26.2 Å². The summed E-state index contributed by atoms with van der Waals surface area (Å²) in [5.74, 6) is -0.493. The number of sulfone groups is 1. The predicted octanol–water partition coefficient (Wildman–Crippen LogP) is 3.12. The molecule has 1 saturated heterocycles. The van der Waals surface area contributed by atoms with E-state index in [9.17, 15) is 23.3 Å². The molecule has 1 aromatic carbocycles.